The van der Waals surface area contributed by atoms with Gasteiger partial charge < -0.3 is 15.2 Å². The number of carbonyl (C=O) groups excluding carboxylic acids is 2. The van der Waals surface area contributed by atoms with Gasteiger partial charge in [0.2, 0.25) is 0 Å². The Bertz CT molecular complexity index is 414. The first-order valence-electron chi connectivity index (χ1n) is 5.65. The van der Waals surface area contributed by atoms with Crippen LogP contribution in [0.2, 0.25) is 0 Å². The summed E-state index contributed by atoms with van der Waals surface area (Å²) in [4.78, 5) is 22.0. The van der Waals surface area contributed by atoms with Crippen LogP contribution in [-0.2, 0) is 20.7 Å². The Hall–Kier alpha value is -1.88. The summed E-state index contributed by atoms with van der Waals surface area (Å²) in [7, 11) is 1.35. The summed E-state index contributed by atoms with van der Waals surface area (Å²) >= 11 is 0. The maximum absolute atomic E-state index is 11.2. The number of carbonyl (C=O) groups is 2. The van der Waals surface area contributed by atoms with Gasteiger partial charge in [-0.3, -0.25) is 4.79 Å². The second-order valence-corrected chi connectivity index (χ2v) is 4.06. The number of methoxy groups -OCH3 is 1. The second kappa shape index (κ2) is 6.76. The van der Waals surface area contributed by atoms with Crippen LogP contribution in [-0.4, -0.2) is 31.5 Å². The average Bonchev–Trinajstić information content (AvgIpc) is 2.36. The zero-order valence-electron chi connectivity index (χ0n) is 10.6. The second-order valence-electron chi connectivity index (χ2n) is 4.06. The van der Waals surface area contributed by atoms with Gasteiger partial charge in [-0.05, 0) is 24.6 Å². The first-order valence-corrected chi connectivity index (χ1v) is 5.65. The van der Waals surface area contributed by atoms with E-state index >= 15 is 0 Å². The minimum Gasteiger partial charge on any atom is -0.486 e. The topological polar surface area (TPSA) is 80.2 Å². The number of ketones is 1. The number of rotatable bonds is 6. The number of hydrogen-bond donors (Lipinski definition) is 1. The van der Waals surface area contributed by atoms with Crippen molar-refractivity contribution in [1.82, 2.24) is 0 Å². The molecule has 5 nitrogen and oxygen atoms in total. The Morgan fingerprint density at radius 2 is 1.89 bits per heavy atom. The molecule has 0 amide bonds. The lowest BCUT2D eigenvalue weighted by molar-refractivity contribution is -0.407. The molecule has 3 N–H and O–H groups in total. The van der Waals surface area contributed by atoms with E-state index in [9.17, 15) is 9.59 Å². The van der Waals surface area contributed by atoms with E-state index in [1.807, 2.05) is 12.1 Å². The van der Waals surface area contributed by atoms with E-state index in [-0.39, 0.29) is 18.4 Å². The van der Waals surface area contributed by atoms with Crippen LogP contribution in [0.1, 0.15) is 12.5 Å². The summed E-state index contributed by atoms with van der Waals surface area (Å²) in [5.41, 5.74) is 4.70. The van der Waals surface area contributed by atoms with E-state index in [2.05, 4.69) is 10.5 Å². The summed E-state index contributed by atoms with van der Waals surface area (Å²) in [6, 6.07) is 6.80. The smallest absolute Gasteiger partial charge is 0.364 e. The fourth-order valence-electron chi connectivity index (χ4n) is 1.44. The van der Waals surface area contributed by atoms with Gasteiger partial charge >= 0.3 is 5.97 Å². The predicted octanol–water partition coefficient (Wildman–Crippen LogP) is -0.0196. The van der Waals surface area contributed by atoms with Crippen molar-refractivity contribution >= 4 is 11.8 Å². The molecular weight excluding hydrogens is 234 g/mol. The van der Waals surface area contributed by atoms with Crippen LogP contribution < -0.4 is 10.5 Å². The van der Waals surface area contributed by atoms with Gasteiger partial charge in [-0.1, -0.05) is 12.1 Å². The van der Waals surface area contributed by atoms with E-state index in [4.69, 9.17) is 4.74 Å². The molecule has 0 fully saturated rings. The van der Waals surface area contributed by atoms with Crippen molar-refractivity contribution in [2.45, 2.75) is 19.4 Å². The third-order valence-electron chi connectivity index (χ3n) is 2.38. The van der Waals surface area contributed by atoms with Crippen molar-refractivity contribution in [1.29, 1.82) is 0 Å². The molecule has 0 saturated heterocycles. The van der Waals surface area contributed by atoms with E-state index in [1.54, 1.807) is 12.1 Å². The first kappa shape index (κ1) is 14.2. The molecule has 1 aromatic carbocycles. The first-order chi connectivity index (χ1) is 8.52. The Morgan fingerprint density at radius 3 is 2.39 bits per heavy atom. The van der Waals surface area contributed by atoms with Gasteiger partial charge in [-0.25, -0.2) is 4.79 Å². The molecule has 1 unspecified atom stereocenters. The van der Waals surface area contributed by atoms with Crippen molar-refractivity contribution < 1.29 is 24.8 Å². The van der Waals surface area contributed by atoms with Crippen LogP contribution in [0.25, 0.3) is 0 Å². The molecule has 0 aliphatic rings. The lowest BCUT2D eigenvalue weighted by Gasteiger charge is -2.08. The maximum atomic E-state index is 11.2. The molecule has 5 heteroatoms. The Balaban J connectivity index is 2.54. The fraction of sp³-hybridized carbons (Fsp3) is 0.385. The maximum Gasteiger partial charge on any atom is 0.364 e. The summed E-state index contributed by atoms with van der Waals surface area (Å²) in [5, 5.41) is 0. The van der Waals surface area contributed by atoms with Gasteiger partial charge in [0.1, 0.15) is 12.4 Å². The summed E-state index contributed by atoms with van der Waals surface area (Å²) in [5.74, 6) is 0.280. The Morgan fingerprint density at radius 1 is 1.28 bits per heavy atom. The van der Waals surface area contributed by atoms with Gasteiger partial charge in [-0.2, -0.15) is 0 Å². The van der Waals surface area contributed by atoms with Gasteiger partial charge in [0.15, 0.2) is 11.8 Å². The molecule has 18 heavy (non-hydrogen) atoms. The molecule has 0 aliphatic heterocycles. The molecule has 0 aromatic heterocycles. The number of esters is 1. The highest BCUT2D eigenvalue weighted by Crippen LogP contribution is 2.13. The molecule has 0 bridgehead atoms. The molecule has 98 valence electrons. The predicted molar refractivity (Wildman–Crippen MR) is 65.0 cm³/mol. The van der Waals surface area contributed by atoms with E-state index in [1.165, 1.54) is 14.0 Å². The Labute approximate surface area is 106 Å². The average molecular weight is 252 g/mol. The normalized spacial score (nSPS) is 11.7. The third-order valence-corrected chi connectivity index (χ3v) is 2.38. The highest BCUT2D eigenvalue weighted by atomic mass is 16.5. The molecule has 0 radical (unpaired) electrons. The van der Waals surface area contributed by atoms with Crippen molar-refractivity contribution in [2.24, 2.45) is 0 Å². The van der Waals surface area contributed by atoms with Crippen LogP contribution in [0.15, 0.2) is 24.3 Å². The minimum absolute atomic E-state index is 0.0254. The monoisotopic (exact) mass is 252 g/mol. The van der Waals surface area contributed by atoms with Gasteiger partial charge in [-0.15, -0.1) is 0 Å². The van der Waals surface area contributed by atoms with Crippen LogP contribution in [0.5, 0.6) is 5.75 Å². The third kappa shape index (κ3) is 4.55. The number of benzene rings is 1. The molecule has 0 spiro atoms. The van der Waals surface area contributed by atoms with E-state index < -0.39 is 6.04 Å². The number of Topliss-reactive ketones (excluding diaryl/α,β-unsaturated/α-hetero) is 1. The van der Waals surface area contributed by atoms with Crippen molar-refractivity contribution in [2.75, 3.05) is 13.7 Å². The number of hydrogen-bond acceptors (Lipinski definition) is 4. The van der Waals surface area contributed by atoms with Crippen LogP contribution in [0, 0.1) is 0 Å². The SMILES string of the molecule is COC(=O)C([NH3+])Cc1ccc(OCC(C)=O)cc1. The van der Waals surface area contributed by atoms with Gasteiger partial charge in [0, 0.05) is 6.42 Å². The van der Waals surface area contributed by atoms with Crippen LogP contribution in [0.3, 0.4) is 0 Å². The molecule has 0 saturated carbocycles. The summed E-state index contributed by atoms with van der Waals surface area (Å²) < 4.78 is 9.85. The van der Waals surface area contributed by atoms with Crippen LogP contribution in [0.4, 0.5) is 0 Å². The minimum atomic E-state index is -0.418. The fourth-order valence-corrected chi connectivity index (χ4v) is 1.44. The zero-order valence-corrected chi connectivity index (χ0v) is 10.6. The van der Waals surface area contributed by atoms with E-state index in [0.29, 0.717) is 12.2 Å². The molecule has 0 heterocycles. The van der Waals surface area contributed by atoms with Crippen molar-refractivity contribution in [3.05, 3.63) is 29.8 Å². The largest absolute Gasteiger partial charge is 0.486 e. The lowest BCUT2D eigenvalue weighted by atomic mass is 10.1. The summed E-state index contributed by atoms with van der Waals surface area (Å²) in [6.45, 7) is 1.54. The molecular formula is C13H18NO4+. The highest BCUT2D eigenvalue weighted by molar-refractivity contribution is 5.77. The van der Waals surface area contributed by atoms with Crippen molar-refractivity contribution in [3.63, 3.8) is 0 Å². The molecule has 1 aromatic rings. The Kier molecular flexibility index (Phi) is 5.32. The molecule has 0 aliphatic carbocycles. The molecule has 1 atom stereocenters. The number of quaternary nitrogens is 1. The standard InChI is InChI=1S/C13H17NO4/c1-9(15)8-18-11-5-3-10(4-6-11)7-12(14)13(16)17-2/h3-6,12H,7-8,14H2,1-2H3/p+1. The zero-order chi connectivity index (χ0) is 13.5. The summed E-state index contributed by atoms with van der Waals surface area (Å²) in [6.07, 6.45) is 0.514. The quantitative estimate of drug-likeness (QED) is 0.721. The molecule has 1 rings (SSSR count). The van der Waals surface area contributed by atoms with Crippen LogP contribution >= 0.6 is 0 Å². The van der Waals surface area contributed by atoms with Gasteiger partial charge in [0.25, 0.3) is 0 Å². The lowest BCUT2D eigenvalue weighted by Crippen LogP contribution is -2.66. The number of ether oxygens (including phenoxy) is 2. The highest BCUT2D eigenvalue weighted by Gasteiger charge is 2.17. The van der Waals surface area contributed by atoms with E-state index in [0.717, 1.165) is 5.56 Å². The van der Waals surface area contributed by atoms with Crippen molar-refractivity contribution in [3.8, 4) is 5.75 Å². The van der Waals surface area contributed by atoms with Gasteiger partial charge in [0.05, 0.1) is 7.11 Å².